The number of ether oxygens (including phenoxy) is 2. The van der Waals surface area contributed by atoms with Crippen molar-refractivity contribution in [1.29, 1.82) is 0 Å². The average Bonchev–Trinajstić information content (AvgIpc) is 3.47. The van der Waals surface area contributed by atoms with Gasteiger partial charge in [-0.15, -0.1) is 11.8 Å². The number of carbonyl (C=O) groups is 2. The summed E-state index contributed by atoms with van der Waals surface area (Å²) < 4.78 is 31.3. The van der Waals surface area contributed by atoms with Gasteiger partial charge in [0.2, 0.25) is 0 Å². The summed E-state index contributed by atoms with van der Waals surface area (Å²) in [6.45, 7) is 3.88. The van der Waals surface area contributed by atoms with Crippen LogP contribution in [0.1, 0.15) is 71.6 Å². The van der Waals surface area contributed by atoms with Crippen molar-refractivity contribution in [3.05, 3.63) is 48.3 Å². The molecule has 0 radical (unpaired) electrons. The number of aromatic nitrogens is 1. The largest absolute Gasteiger partial charge is 0.390 e. The Morgan fingerprint density at radius 1 is 1.15 bits per heavy atom. The Balaban J connectivity index is 1.26. The summed E-state index contributed by atoms with van der Waals surface area (Å²) in [4.78, 5) is 31.7. The summed E-state index contributed by atoms with van der Waals surface area (Å²) in [5.41, 5.74) is -4.28. The lowest BCUT2D eigenvalue weighted by atomic mass is 9.44. The van der Waals surface area contributed by atoms with Crippen molar-refractivity contribution in [3.8, 4) is 0 Å². The Hall–Kier alpha value is -1.87. The number of hydrogen-bond acceptors (Lipinski definition) is 7. The number of ketones is 2. The minimum Gasteiger partial charge on any atom is -0.390 e. The number of rotatable bonds is 5. The van der Waals surface area contributed by atoms with Gasteiger partial charge in [-0.25, -0.2) is 4.39 Å². The predicted octanol–water partition coefficient (Wildman–Crippen LogP) is 5.78. The summed E-state index contributed by atoms with van der Waals surface area (Å²) in [6.07, 6.45) is 13.1. The van der Waals surface area contributed by atoms with Crippen LogP contribution in [0.4, 0.5) is 4.39 Å². The third kappa shape index (κ3) is 3.82. The van der Waals surface area contributed by atoms with Gasteiger partial charge in [-0.05, 0) is 75.7 Å². The minimum atomic E-state index is -1.95. The maximum absolute atomic E-state index is 17.7. The molecule has 8 heteroatoms. The van der Waals surface area contributed by atoms with E-state index in [9.17, 15) is 14.7 Å². The van der Waals surface area contributed by atoms with Crippen LogP contribution in [-0.2, 0) is 19.1 Å². The molecule has 1 aliphatic heterocycles. The van der Waals surface area contributed by atoms with E-state index >= 15 is 4.39 Å². The van der Waals surface area contributed by atoms with Crippen LogP contribution < -0.4 is 0 Å². The maximum atomic E-state index is 17.7. The number of aliphatic hydroxyl groups is 1. The Bertz CT molecular complexity index is 1300. The van der Waals surface area contributed by atoms with Crippen LogP contribution in [0.2, 0.25) is 0 Å². The van der Waals surface area contributed by atoms with Crippen molar-refractivity contribution in [2.24, 2.45) is 28.6 Å². The number of pyridine rings is 1. The van der Waals surface area contributed by atoms with Crippen LogP contribution in [0.5, 0.6) is 0 Å². The molecule has 1 saturated heterocycles. The lowest BCUT2D eigenvalue weighted by Crippen LogP contribution is -2.69. The van der Waals surface area contributed by atoms with Gasteiger partial charge in [-0.1, -0.05) is 37.8 Å². The van der Waals surface area contributed by atoms with Crippen LogP contribution >= 0.6 is 11.8 Å². The highest BCUT2D eigenvalue weighted by molar-refractivity contribution is 8.00. The number of fused-ring (bicyclic) bond motifs is 7. The van der Waals surface area contributed by atoms with Gasteiger partial charge in [-0.3, -0.25) is 14.6 Å². The lowest BCUT2D eigenvalue weighted by molar-refractivity contribution is -0.234. The maximum Gasteiger partial charge on any atom is 0.178 e. The van der Waals surface area contributed by atoms with E-state index in [0.717, 1.165) is 36.2 Å². The SMILES string of the molecule is C[C@]12C=CC(=O)C=C1CC[C@H]1[C@@H]3C[C@H]4O[C@@H](C5CCCCC5)O[C@@]4(C(=O)CSc4ccncc4)[C@@]3(C)C[C@H](O)[C@@]12F. The molecule has 220 valence electrons. The Morgan fingerprint density at radius 2 is 1.90 bits per heavy atom. The first-order valence-electron chi connectivity index (χ1n) is 15.3. The van der Waals surface area contributed by atoms with Crippen LogP contribution in [-0.4, -0.2) is 57.2 Å². The molecule has 9 atom stereocenters. The molecule has 41 heavy (non-hydrogen) atoms. The first kappa shape index (κ1) is 27.9. The van der Waals surface area contributed by atoms with E-state index in [0.29, 0.717) is 19.3 Å². The van der Waals surface area contributed by atoms with Crippen LogP contribution in [0.3, 0.4) is 0 Å². The number of Topliss-reactive ketones (excluding diaryl/α,β-unsaturated/α-hetero) is 1. The summed E-state index contributed by atoms with van der Waals surface area (Å²) in [5.74, 6) is -0.393. The van der Waals surface area contributed by atoms with Crippen molar-refractivity contribution in [2.45, 2.75) is 106 Å². The molecule has 0 spiro atoms. The molecule has 1 N–H and O–H groups in total. The molecule has 1 aromatic rings. The molecule has 0 amide bonds. The first-order chi connectivity index (χ1) is 19.6. The fourth-order valence-corrected chi connectivity index (χ4v) is 10.6. The Labute approximate surface area is 245 Å². The molecule has 2 heterocycles. The zero-order chi connectivity index (χ0) is 28.6. The molecule has 5 aliphatic carbocycles. The van der Waals surface area contributed by atoms with E-state index in [-0.39, 0.29) is 35.6 Å². The van der Waals surface area contributed by atoms with E-state index in [4.69, 9.17) is 9.47 Å². The van der Waals surface area contributed by atoms with Gasteiger partial charge < -0.3 is 14.6 Å². The van der Waals surface area contributed by atoms with Crippen molar-refractivity contribution in [1.82, 2.24) is 4.98 Å². The smallest absolute Gasteiger partial charge is 0.178 e. The monoisotopic (exact) mass is 581 g/mol. The third-order valence-corrected chi connectivity index (χ3v) is 12.9. The number of aliphatic hydroxyl groups excluding tert-OH is 1. The second-order valence-corrected chi connectivity index (χ2v) is 14.7. The van der Waals surface area contributed by atoms with Crippen molar-refractivity contribution >= 4 is 23.3 Å². The highest BCUT2D eigenvalue weighted by Gasteiger charge is 2.79. The lowest BCUT2D eigenvalue weighted by Gasteiger charge is -2.62. The molecule has 0 aromatic carbocycles. The second-order valence-electron chi connectivity index (χ2n) is 13.6. The fourth-order valence-electron chi connectivity index (χ4n) is 9.79. The van der Waals surface area contributed by atoms with Crippen LogP contribution in [0.25, 0.3) is 0 Å². The number of nitrogens with zero attached hydrogens (tertiary/aromatic N) is 1. The van der Waals surface area contributed by atoms with Gasteiger partial charge in [0, 0.05) is 40.0 Å². The molecular weight excluding hydrogens is 541 g/mol. The average molecular weight is 582 g/mol. The molecule has 7 rings (SSSR count). The number of carbonyl (C=O) groups excluding carboxylic acids is 2. The highest BCUT2D eigenvalue weighted by atomic mass is 32.2. The summed E-state index contributed by atoms with van der Waals surface area (Å²) >= 11 is 1.46. The molecule has 6 aliphatic rings. The summed E-state index contributed by atoms with van der Waals surface area (Å²) in [6, 6.07) is 3.78. The van der Waals surface area contributed by atoms with Crippen molar-refractivity contribution < 1.29 is 28.6 Å². The number of halogens is 1. The summed E-state index contributed by atoms with van der Waals surface area (Å²) in [5, 5.41) is 11.8. The highest BCUT2D eigenvalue weighted by Crippen LogP contribution is 2.72. The standard InChI is InChI=1S/C33H40FNO5S/c1-30-13-10-22(36)16-21(30)8-9-24-25-17-28-33(31(25,2)18-26(37)32(24,30)34,27(38)19-41-23-11-14-35-15-12-23)40-29(39-28)20-6-4-3-5-7-20/h10-16,20,24-26,28-29,37H,3-9,17-19H2,1-2H3/t24-,25-,26-,28+,29+,30-,31-,32-,33+/m0/s1. The number of allylic oxidation sites excluding steroid dienone is 4. The fraction of sp³-hybridized carbons (Fsp3) is 0.667. The number of alkyl halides is 1. The molecule has 6 nitrogen and oxygen atoms in total. The number of hydrogen-bond donors (Lipinski definition) is 1. The van der Waals surface area contributed by atoms with E-state index in [1.54, 1.807) is 24.5 Å². The Morgan fingerprint density at radius 3 is 2.66 bits per heavy atom. The number of thioether (sulfide) groups is 1. The minimum absolute atomic E-state index is 0.0306. The van der Waals surface area contributed by atoms with Crippen LogP contribution in [0, 0.1) is 28.6 Å². The molecule has 1 aromatic heterocycles. The van der Waals surface area contributed by atoms with Gasteiger partial charge >= 0.3 is 0 Å². The first-order valence-corrected chi connectivity index (χ1v) is 16.3. The molecular formula is C33H40FNO5S. The summed E-state index contributed by atoms with van der Waals surface area (Å²) in [7, 11) is 0. The van der Waals surface area contributed by atoms with Crippen molar-refractivity contribution in [3.63, 3.8) is 0 Å². The zero-order valence-electron chi connectivity index (χ0n) is 23.9. The van der Waals surface area contributed by atoms with Gasteiger partial charge in [0.1, 0.15) is 0 Å². The van der Waals surface area contributed by atoms with E-state index in [1.165, 1.54) is 24.3 Å². The quantitative estimate of drug-likeness (QED) is 0.441. The van der Waals surface area contributed by atoms with Gasteiger partial charge in [0.15, 0.2) is 29.1 Å². The van der Waals surface area contributed by atoms with Crippen LogP contribution in [0.15, 0.2) is 53.2 Å². The van der Waals surface area contributed by atoms with Gasteiger partial charge in [0.25, 0.3) is 0 Å². The zero-order valence-corrected chi connectivity index (χ0v) is 24.7. The molecule has 0 unspecified atom stereocenters. The Kier molecular flexibility index (Phi) is 6.70. The molecule has 5 fully saturated rings. The van der Waals surface area contributed by atoms with Gasteiger partial charge in [-0.2, -0.15) is 0 Å². The van der Waals surface area contributed by atoms with Gasteiger partial charge in [0.05, 0.1) is 18.0 Å². The third-order valence-electron chi connectivity index (χ3n) is 11.9. The normalized spacial score (nSPS) is 45.4. The molecule has 4 saturated carbocycles. The van der Waals surface area contributed by atoms with E-state index < -0.39 is 46.5 Å². The van der Waals surface area contributed by atoms with E-state index in [1.807, 2.05) is 19.1 Å². The predicted molar refractivity (Wildman–Crippen MR) is 153 cm³/mol. The van der Waals surface area contributed by atoms with Crippen molar-refractivity contribution in [2.75, 3.05) is 5.75 Å². The van der Waals surface area contributed by atoms with E-state index in [2.05, 4.69) is 11.9 Å². The topological polar surface area (TPSA) is 85.7 Å². The second kappa shape index (κ2) is 9.83. The molecule has 0 bridgehead atoms.